The number of rotatable bonds is 5. The van der Waals surface area contributed by atoms with Crippen molar-refractivity contribution in [3.63, 3.8) is 0 Å². The molecule has 31 heavy (non-hydrogen) atoms. The summed E-state index contributed by atoms with van der Waals surface area (Å²) in [5, 5.41) is 6.26. The van der Waals surface area contributed by atoms with E-state index in [0.29, 0.717) is 28.3 Å². The zero-order chi connectivity index (χ0) is 22.2. The molecule has 0 aliphatic heterocycles. The van der Waals surface area contributed by atoms with Crippen LogP contribution in [0.5, 0.6) is 0 Å². The van der Waals surface area contributed by atoms with E-state index in [4.69, 9.17) is 23.2 Å². The predicted molar refractivity (Wildman–Crippen MR) is 119 cm³/mol. The van der Waals surface area contributed by atoms with Crippen molar-refractivity contribution < 1.29 is 9.59 Å². The van der Waals surface area contributed by atoms with E-state index in [1.807, 2.05) is 13.8 Å². The molecule has 1 aromatic carbocycles. The van der Waals surface area contributed by atoms with E-state index in [9.17, 15) is 9.59 Å². The van der Waals surface area contributed by atoms with E-state index in [0.717, 1.165) is 0 Å². The Labute approximate surface area is 188 Å². The number of carbonyl (C=O) groups is 2. The fraction of sp³-hybridized carbons (Fsp3) is 0.136. The van der Waals surface area contributed by atoms with Crippen LogP contribution in [0.4, 0.5) is 11.4 Å². The quantitative estimate of drug-likeness (QED) is 0.583. The molecule has 0 saturated heterocycles. The number of halogens is 2. The standard InChI is InChI=1S/C22H16Cl2N5O2/c1-22(2)19(18(20(22)30)16-11-25-6-7-27-16)28-12-4-3-5-13(8-12)29-21(31)17-14(23)9-26-10-15(17)24/h3-7,9-11,28H,1-2H3,(H,29,31). The summed E-state index contributed by atoms with van der Waals surface area (Å²) in [6.45, 7) is 3.66. The van der Waals surface area contributed by atoms with Crippen molar-refractivity contribution in [2.24, 2.45) is 5.41 Å². The van der Waals surface area contributed by atoms with E-state index < -0.39 is 11.3 Å². The highest BCUT2D eigenvalue weighted by molar-refractivity contribution is 6.40. The molecule has 2 aromatic heterocycles. The minimum absolute atomic E-state index is 0.0260. The lowest BCUT2D eigenvalue weighted by atomic mass is 9.68. The highest BCUT2D eigenvalue weighted by Crippen LogP contribution is 2.46. The van der Waals surface area contributed by atoms with E-state index in [-0.39, 0.29) is 21.4 Å². The summed E-state index contributed by atoms with van der Waals surface area (Å²) in [7, 11) is 0. The Morgan fingerprint density at radius 3 is 2.42 bits per heavy atom. The van der Waals surface area contributed by atoms with Gasteiger partial charge in [0.1, 0.15) is 0 Å². The first-order valence-corrected chi connectivity index (χ1v) is 10.0. The first kappa shape index (κ1) is 21.0. The van der Waals surface area contributed by atoms with Gasteiger partial charge in [-0.1, -0.05) is 29.3 Å². The molecule has 9 heteroatoms. The third-order valence-corrected chi connectivity index (χ3v) is 5.45. The highest BCUT2D eigenvalue weighted by Gasteiger charge is 2.47. The van der Waals surface area contributed by atoms with Crippen molar-refractivity contribution in [3.8, 4) is 0 Å². The Hall–Kier alpha value is -3.29. The fourth-order valence-corrected chi connectivity index (χ4v) is 3.78. The lowest BCUT2D eigenvalue weighted by Crippen LogP contribution is -2.42. The van der Waals surface area contributed by atoms with Gasteiger partial charge in [0.25, 0.3) is 5.91 Å². The van der Waals surface area contributed by atoms with Gasteiger partial charge >= 0.3 is 0 Å². The number of allylic oxidation sites excluding steroid dienone is 2. The lowest BCUT2D eigenvalue weighted by Gasteiger charge is -2.38. The summed E-state index contributed by atoms with van der Waals surface area (Å²) < 4.78 is 0. The molecule has 0 spiro atoms. The smallest absolute Gasteiger partial charge is 0.258 e. The molecular weight excluding hydrogens is 437 g/mol. The fourth-order valence-electron chi connectivity index (χ4n) is 3.24. The number of carbonyl (C=O) groups excluding carboxylic acids is 2. The van der Waals surface area contributed by atoms with Gasteiger partial charge in [-0.25, -0.2) is 0 Å². The van der Waals surface area contributed by atoms with Crippen LogP contribution >= 0.6 is 23.2 Å². The number of hydrogen-bond acceptors (Lipinski definition) is 6. The summed E-state index contributed by atoms with van der Waals surface area (Å²) in [6, 6.07) is 8.29. The number of nitrogens with zero attached hydrogens (tertiary/aromatic N) is 3. The Balaban J connectivity index is 1.61. The molecule has 1 aliphatic rings. The van der Waals surface area contributed by atoms with Crippen molar-refractivity contribution in [1.82, 2.24) is 15.0 Å². The Morgan fingerprint density at radius 1 is 1.03 bits per heavy atom. The minimum atomic E-state index is -0.710. The number of benzene rings is 1. The van der Waals surface area contributed by atoms with Crippen LogP contribution in [0.1, 0.15) is 29.9 Å². The monoisotopic (exact) mass is 452 g/mol. The van der Waals surface area contributed by atoms with Gasteiger partial charge < -0.3 is 10.6 Å². The molecule has 7 nitrogen and oxygen atoms in total. The molecule has 155 valence electrons. The number of pyridine rings is 1. The molecule has 0 atom stereocenters. The van der Waals surface area contributed by atoms with E-state index in [1.165, 1.54) is 18.6 Å². The summed E-state index contributed by atoms with van der Waals surface area (Å²) in [4.78, 5) is 37.4. The van der Waals surface area contributed by atoms with Gasteiger partial charge in [0.05, 0.1) is 44.2 Å². The number of amides is 1. The van der Waals surface area contributed by atoms with Crippen LogP contribution in [0.15, 0.2) is 54.9 Å². The molecule has 1 aliphatic carbocycles. The second-order valence-electron chi connectivity index (χ2n) is 7.33. The third kappa shape index (κ3) is 3.89. The van der Waals surface area contributed by atoms with Gasteiger partial charge in [0.2, 0.25) is 0 Å². The van der Waals surface area contributed by atoms with Crippen LogP contribution in [-0.2, 0) is 4.79 Å². The maximum Gasteiger partial charge on any atom is 0.258 e. The average Bonchev–Trinajstić information content (AvgIpc) is 2.74. The molecule has 2 heterocycles. The summed E-state index contributed by atoms with van der Waals surface area (Å²) in [5.41, 5.74) is 2.09. The summed E-state index contributed by atoms with van der Waals surface area (Å²) in [5.74, 6) is -0.508. The number of hydrogen-bond donors (Lipinski definition) is 2. The second kappa shape index (κ2) is 8.09. The van der Waals surface area contributed by atoms with Gasteiger partial charge in [-0.15, -0.1) is 0 Å². The van der Waals surface area contributed by atoms with Gasteiger partial charge in [-0.3, -0.25) is 24.5 Å². The van der Waals surface area contributed by atoms with Crippen LogP contribution in [0.2, 0.25) is 10.0 Å². The van der Waals surface area contributed by atoms with Gasteiger partial charge in [0, 0.05) is 42.2 Å². The Kier molecular flexibility index (Phi) is 5.47. The molecule has 1 amide bonds. The van der Waals surface area contributed by atoms with Gasteiger partial charge in [0.15, 0.2) is 5.78 Å². The molecular formula is C22H16Cl2N5O2. The van der Waals surface area contributed by atoms with Gasteiger partial charge in [-0.2, -0.15) is 0 Å². The first-order chi connectivity index (χ1) is 14.8. The first-order valence-electron chi connectivity index (χ1n) is 9.24. The van der Waals surface area contributed by atoms with Crippen LogP contribution in [0, 0.1) is 11.5 Å². The highest BCUT2D eigenvalue weighted by atomic mass is 35.5. The van der Waals surface area contributed by atoms with Crippen molar-refractivity contribution in [1.29, 1.82) is 0 Å². The van der Waals surface area contributed by atoms with Crippen LogP contribution in [-0.4, -0.2) is 26.6 Å². The number of Topliss-reactive ketones (excluding diaryl/α,β-unsaturated/α-hetero) is 1. The number of aromatic nitrogens is 3. The zero-order valence-electron chi connectivity index (χ0n) is 16.5. The van der Waals surface area contributed by atoms with Crippen LogP contribution in [0.3, 0.4) is 0 Å². The van der Waals surface area contributed by atoms with Crippen molar-refractivity contribution in [2.75, 3.05) is 10.6 Å². The molecule has 4 rings (SSSR count). The zero-order valence-corrected chi connectivity index (χ0v) is 18.0. The number of ketones is 1. The molecule has 3 aromatic rings. The molecule has 0 saturated carbocycles. The Morgan fingerprint density at radius 2 is 1.74 bits per heavy atom. The maximum absolute atomic E-state index is 12.7. The summed E-state index contributed by atoms with van der Waals surface area (Å²) in [6.07, 6.45) is 7.33. The number of anilines is 2. The topological polar surface area (TPSA) is 96.9 Å². The van der Waals surface area contributed by atoms with Crippen molar-refractivity contribution in [3.05, 3.63) is 82.2 Å². The van der Waals surface area contributed by atoms with Crippen molar-refractivity contribution >= 4 is 51.8 Å². The largest absolute Gasteiger partial charge is 0.357 e. The van der Waals surface area contributed by atoms with Crippen LogP contribution in [0.25, 0.3) is 5.57 Å². The average molecular weight is 453 g/mol. The van der Waals surface area contributed by atoms with Gasteiger partial charge in [-0.05, 0) is 26.0 Å². The molecule has 0 unspecified atom stereocenters. The SMILES string of the molecule is CC1(C)C(=O)C(c2cnccn2)=C1Nc1[c]c(NC(=O)c2c(Cl)cncc2Cl)ccc1. The lowest BCUT2D eigenvalue weighted by molar-refractivity contribution is -0.121. The summed E-state index contributed by atoms with van der Waals surface area (Å²) >= 11 is 12.1. The molecule has 0 fully saturated rings. The second-order valence-corrected chi connectivity index (χ2v) is 8.14. The van der Waals surface area contributed by atoms with E-state index in [2.05, 4.69) is 31.7 Å². The van der Waals surface area contributed by atoms with E-state index >= 15 is 0 Å². The van der Waals surface area contributed by atoms with Crippen molar-refractivity contribution in [2.45, 2.75) is 13.8 Å². The molecule has 2 N–H and O–H groups in total. The predicted octanol–water partition coefficient (Wildman–Crippen LogP) is 4.66. The minimum Gasteiger partial charge on any atom is -0.357 e. The maximum atomic E-state index is 12.7. The third-order valence-electron chi connectivity index (χ3n) is 4.87. The molecule has 1 radical (unpaired) electrons. The molecule has 0 bridgehead atoms. The van der Waals surface area contributed by atoms with E-state index in [1.54, 1.807) is 30.6 Å². The normalized spacial score (nSPS) is 14.8. The Bertz CT molecular complexity index is 1210. The number of nitrogens with one attached hydrogen (secondary N) is 2. The van der Waals surface area contributed by atoms with Crippen LogP contribution < -0.4 is 10.6 Å².